The van der Waals surface area contributed by atoms with E-state index in [0.29, 0.717) is 32.1 Å². The van der Waals surface area contributed by atoms with Gasteiger partial charge in [0.05, 0.1) is 26.4 Å². The summed E-state index contributed by atoms with van der Waals surface area (Å²) in [6.07, 6.45) is 67.9. The number of ether oxygens (including phenoxy) is 4. The molecule has 0 radical (unpaired) electrons. The van der Waals surface area contributed by atoms with Crippen LogP contribution in [0, 0.1) is 0 Å². The van der Waals surface area contributed by atoms with Crippen LogP contribution in [0.1, 0.15) is 349 Å². The van der Waals surface area contributed by atoms with Gasteiger partial charge in [0.1, 0.15) is 19.3 Å². The number of carbonyl (C=O) groups is 4. The normalized spacial score (nSPS) is 14.3. The second-order valence-electron chi connectivity index (χ2n) is 25.9. The molecule has 0 aliphatic heterocycles. The van der Waals surface area contributed by atoms with E-state index in [2.05, 4.69) is 76.3 Å². The minimum absolute atomic E-state index is 0.0879. The first-order chi connectivity index (χ1) is 46.7. The fourth-order valence-electron chi connectivity index (χ4n) is 10.7. The van der Waals surface area contributed by atoms with E-state index in [1.54, 1.807) is 0 Å². The zero-order valence-electron chi connectivity index (χ0n) is 61.1. The highest BCUT2D eigenvalue weighted by Crippen LogP contribution is 2.45. The standard InChI is InChI=1S/C77H140O17P2/c1-5-9-13-17-21-25-29-32-34-35-37-40-43-46-50-54-58-62-75(80)87-67-72(93-76(81)63-59-55-51-47-41-28-24-20-16-12-8-4)69-91-95(83,84)89-65-71(78)66-90-96(85,86)92-70-73(94-77(82)64-60-56-52-48-44-38-31-27-23-19-15-11-7-3)68-88-74(79)61-57-53-49-45-42-39-36-33-30-26-22-18-14-10-6-2/h9,13,21,25,32,34,37,40,46,50,71-73,78H,5-8,10-12,14-20,22-24,26-31,33,35-36,38-39,41-45,47-49,51-70H2,1-4H3,(H,83,84)(H,85,86)/b13-9-,25-21-,34-32-,40-37-,50-46-. The maximum absolute atomic E-state index is 13.1. The zero-order chi connectivity index (χ0) is 70.4. The topological polar surface area (TPSA) is 237 Å². The van der Waals surface area contributed by atoms with Crippen LogP contribution in [-0.2, 0) is 65.4 Å². The van der Waals surface area contributed by atoms with E-state index in [4.69, 9.17) is 37.0 Å². The molecule has 0 aromatic rings. The number of allylic oxidation sites excluding steroid dienone is 10. The van der Waals surface area contributed by atoms with Gasteiger partial charge in [-0.3, -0.25) is 37.3 Å². The molecule has 0 rings (SSSR count). The summed E-state index contributed by atoms with van der Waals surface area (Å²) in [6.45, 7) is 4.75. The van der Waals surface area contributed by atoms with E-state index in [9.17, 15) is 43.2 Å². The molecule has 5 atom stereocenters. The van der Waals surface area contributed by atoms with E-state index >= 15 is 0 Å². The molecular formula is C77H140O17P2. The molecule has 0 spiro atoms. The van der Waals surface area contributed by atoms with Crippen LogP contribution in [0.2, 0.25) is 0 Å². The highest BCUT2D eigenvalue weighted by atomic mass is 31.2. The Morgan fingerprint density at radius 2 is 0.542 bits per heavy atom. The number of aliphatic hydroxyl groups is 1. The molecule has 96 heavy (non-hydrogen) atoms. The highest BCUT2D eigenvalue weighted by molar-refractivity contribution is 7.47. The van der Waals surface area contributed by atoms with Gasteiger partial charge in [-0.25, -0.2) is 9.13 Å². The molecule has 0 fully saturated rings. The molecule has 0 aliphatic rings. The Bertz CT molecular complexity index is 2060. The molecule has 0 saturated carbocycles. The predicted molar refractivity (Wildman–Crippen MR) is 390 cm³/mol. The average Bonchev–Trinajstić information content (AvgIpc) is 1.13. The van der Waals surface area contributed by atoms with E-state index < -0.39 is 97.5 Å². The van der Waals surface area contributed by atoms with E-state index in [0.717, 1.165) is 103 Å². The fraction of sp³-hybridized carbons (Fsp3) is 0.818. The second kappa shape index (κ2) is 70.2. The summed E-state index contributed by atoms with van der Waals surface area (Å²) in [6, 6.07) is 0. The smallest absolute Gasteiger partial charge is 0.462 e. The third-order valence-corrected chi connectivity index (χ3v) is 18.4. The minimum atomic E-state index is -4.97. The summed E-state index contributed by atoms with van der Waals surface area (Å²) in [5.41, 5.74) is 0. The van der Waals surface area contributed by atoms with Gasteiger partial charge in [-0.2, -0.15) is 0 Å². The van der Waals surface area contributed by atoms with Crippen LogP contribution in [0.4, 0.5) is 0 Å². The van der Waals surface area contributed by atoms with Crippen molar-refractivity contribution in [1.82, 2.24) is 0 Å². The van der Waals surface area contributed by atoms with Crippen molar-refractivity contribution in [2.45, 2.75) is 367 Å². The number of rotatable bonds is 73. The predicted octanol–water partition coefficient (Wildman–Crippen LogP) is 21.9. The maximum Gasteiger partial charge on any atom is 0.472 e. The van der Waals surface area contributed by atoms with Gasteiger partial charge in [-0.05, 0) is 64.2 Å². The Morgan fingerprint density at radius 3 is 0.833 bits per heavy atom. The van der Waals surface area contributed by atoms with E-state index in [-0.39, 0.29) is 25.7 Å². The van der Waals surface area contributed by atoms with Gasteiger partial charge in [-0.15, -0.1) is 0 Å². The minimum Gasteiger partial charge on any atom is -0.462 e. The van der Waals surface area contributed by atoms with Crippen molar-refractivity contribution < 1.29 is 80.2 Å². The number of carbonyl (C=O) groups excluding carboxylic acids is 4. The molecule has 17 nitrogen and oxygen atoms in total. The van der Waals surface area contributed by atoms with Gasteiger partial charge in [0, 0.05) is 25.7 Å². The lowest BCUT2D eigenvalue weighted by atomic mass is 10.0. The molecule has 0 heterocycles. The SMILES string of the molecule is CC/C=C\C/C=C\C/C=C\C/C=C\C/C=C\CCCC(=O)OCC(COP(=O)(O)OCC(O)COP(=O)(O)OCC(COC(=O)CCCCCCCCCCCCCCCCC)OC(=O)CCCCCCCCCCCCCCC)OC(=O)CCCCCCCCCCCCC. The van der Waals surface area contributed by atoms with Crippen molar-refractivity contribution in [3.05, 3.63) is 60.8 Å². The Kier molecular flexibility index (Phi) is 67.8. The summed E-state index contributed by atoms with van der Waals surface area (Å²) < 4.78 is 68.4. The summed E-state index contributed by atoms with van der Waals surface area (Å²) in [7, 11) is -9.94. The Labute approximate surface area is 584 Å². The van der Waals surface area contributed by atoms with Gasteiger partial charge in [0.2, 0.25) is 0 Å². The van der Waals surface area contributed by atoms with Gasteiger partial charge in [0.15, 0.2) is 12.2 Å². The monoisotopic (exact) mass is 1400 g/mol. The molecule has 19 heteroatoms. The van der Waals surface area contributed by atoms with Gasteiger partial charge >= 0.3 is 39.5 Å². The Hall–Kier alpha value is -3.24. The summed E-state index contributed by atoms with van der Waals surface area (Å²) >= 11 is 0. The van der Waals surface area contributed by atoms with Crippen LogP contribution in [-0.4, -0.2) is 96.7 Å². The lowest BCUT2D eigenvalue weighted by Crippen LogP contribution is -2.30. The number of unbranched alkanes of at least 4 members (excludes halogenated alkanes) is 37. The molecule has 5 unspecified atom stereocenters. The number of aliphatic hydroxyl groups excluding tert-OH is 1. The van der Waals surface area contributed by atoms with Crippen molar-refractivity contribution in [1.29, 1.82) is 0 Å². The van der Waals surface area contributed by atoms with Crippen molar-refractivity contribution in [2.24, 2.45) is 0 Å². The third kappa shape index (κ3) is 69.2. The van der Waals surface area contributed by atoms with Gasteiger partial charge in [0.25, 0.3) is 0 Å². The number of hydrogen-bond acceptors (Lipinski definition) is 15. The lowest BCUT2D eigenvalue weighted by molar-refractivity contribution is -0.161. The van der Waals surface area contributed by atoms with Crippen molar-refractivity contribution in [2.75, 3.05) is 39.6 Å². The van der Waals surface area contributed by atoms with Crippen molar-refractivity contribution in [3.8, 4) is 0 Å². The maximum atomic E-state index is 13.1. The third-order valence-electron chi connectivity index (χ3n) is 16.5. The molecule has 3 N–H and O–H groups in total. The highest BCUT2D eigenvalue weighted by Gasteiger charge is 2.30. The molecule has 0 bridgehead atoms. The molecule has 0 amide bonds. The number of phosphoric acid groups is 2. The number of phosphoric ester groups is 2. The van der Waals surface area contributed by atoms with Crippen LogP contribution >= 0.6 is 15.6 Å². The van der Waals surface area contributed by atoms with Crippen LogP contribution in [0.15, 0.2) is 60.8 Å². The van der Waals surface area contributed by atoms with Crippen molar-refractivity contribution >= 4 is 39.5 Å². The number of esters is 4. The lowest BCUT2D eigenvalue weighted by Gasteiger charge is -2.21. The largest absolute Gasteiger partial charge is 0.472 e. The molecule has 0 saturated heterocycles. The van der Waals surface area contributed by atoms with E-state index in [1.165, 1.54) is 161 Å². The first kappa shape index (κ1) is 92.8. The second-order valence-corrected chi connectivity index (χ2v) is 28.8. The molecule has 0 aromatic heterocycles. The average molecular weight is 1400 g/mol. The van der Waals surface area contributed by atoms with Gasteiger partial charge in [-0.1, -0.05) is 320 Å². The quantitative estimate of drug-likeness (QED) is 0.0169. The summed E-state index contributed by atoms with van der Waals surface area (Å²) in [4.78, 5) is 72.8. The molecule has 0 aromatic carbocycles. The van der Waals surface area contributed by atoms with E-state index in [1.807, 2.05) is 12.2 Å². The van der Waals surface area contributed by atoms with Crippen LogP contribution < -0.4 is 0 Å². The molecule has 0 aliphatic carbocycles. The summed E-state index contributed by atoms with van der Waals surface area (Å²) in [5, 5.41) is 10.6. The van der Waals surface area contributed by atoms with Gasteiger partial charge < -0.3 is 33.8 Å². The first-order valence-corrected chi connectivity index (χ1v) is 41.5. The van der Waals surface area contributed by atoms with Crippen LogP contribution in [0.5, 0.6) is 0 Å². The summed E-state index contributed by atoms with van der Waals surface area (Å²) in [5.74, 6) is -2.21. The molecular weight excluding hydrogens is 1260 g/mol. The number of hydrogen-bond donors (Lipinski definition) is 3. The first-order valence-electron chi connectivity index (χ1n) is 38.5. The van der Waals surface area contributed by atoms with Crippen molar-refractivity contribution in [3.63, 3.8) is 0 Å². The fourth-order valence-corrected chi connectivity index (χ4v) is 12.2. The van der Waals surface area contributed by atoms with Crippen LogP contribution in [0.25, 0.3) is 0 Å². The van der Waals surface area contributed by atoms with Crippen LogP contribution in [0.3, 0.4) is 0 Å². The molecule has 560 valence electrons. The Morgan fingerprint density at radius 1 is 0.302 bits per heavy atom. The zero-order valence-corrected chi connectivity index (χ0v) is 62.8. The Balaban J connectivity index is 5.32.